The third-order valence-corrected chi connectivity index (χ3v) is 3.73. The van der Waals surface area contributed by atoms with Crippen LogP contribution in [0.3, 0.4) is 0 Å². The van der Waals surface area contributed by atoms with Crippen molar-refractivity contribution in [1.29, 1.82) is 0 Å². The van der Waals surface area contributed by atoms with Gasteiger partial charge in [0.25, 0.3) is 5.91 Å². The Morgan fingerprint density at radius 3 is 2.64 bits per heavy atom. The van der Waals surface area contributed by atoms with E-state index in [9.17, 15) is 13.2 Å². The predicted molar refractivity (Wildman–Crippen MR) is 94.2 cm³/mol. The Balaban J connectivity index is 2.18. The molecule has 1 amide bonds. The number of sulfone groups is 1. The van der Waals surface area contributed by atoms with E-state index in [0.29, 0.717) is 18.0 Å². The van der Waals surface area contributed by atoms with Gasteiger partial charge in [-0.2, -0.15) is 4.98 Å². The summed E-state index contributed by atoms with van der Waals surface area (Å²) >= 11 is 0. The van der Waals surface area contributed by atoms with E-state index in [2.05, 4.69) is 15.3 Å². The van der Waals surface area contributed by atoms with Crippen molar-refractivity contribution in [1.82, 2.24) is 15.3 Å². The number of hydrogen-bond donors (Lipinski definition) is 1. The van der Waals surface area contributed by atoms with Crippen LogP contribution in [-0.2, 0) is 16.3 Å². The molecule has 0 atom stereocenters. The van der Waals surface area contributed by atoms with Crippen molar-refractivity contribution in [3.63, 3.8) is 0 Å². The number of benzene rings is 1. The first-order valence-electron chi connectivity index (χ1n) is 7.62. The molecule has 0 spiro atoms. The topological polar surface area (TPSA) is 98.2 Å². The molecule has 0 bridgehead atoms. The highest BCUT2D eigenvalue weighted by Crippen LogP contribution is 2.22. The molecular weight excluding hydrogens is 342 g/mol. The van der Waals surface area contributed by atoms with Crippen LogP contribution < -0.4 is 10.1 Å². The Hall–Kier alpha value is -2.74. The van der Waals surface area contributed by atoms with Gasteiger partial charge in [-0.1, -0.05) is 31.2 Å². The van der Waals surface area contributed by atoms with E-state index >= 15 is 0 Å². The van der Waals surface area contributed by atoms with Crippen molar-refractivity contribution in [2.24, 2.45) is 0 Å². The zero-order chi connectivity index (χ0) is 18.3. The van der Waals surface area contributed by atoms with Gasteiger partial charge in [0.15, 0.2) is 9.84 Å². The number of carbonyl (C=O) groups is 1. The van der Waals surface area contributed by atoms with Gasteiger partial charge >= 0.3 is 0 Å². The molecule has 0 saturated heterocycles. The number of rotatable bonds is 7. The summed E-state index contributed by atoms with van der Waals surface area (Å²) in [4.78, 5) is 20.7. The maximum Gasteiger partial charge on any atom is 0.258 e. The second-order valence-corrected chi connectivity index (χ2v) is 7.12. The summed E-state index contributed by atoms with van der Waals surface area (Å²) in [5.41, 5.74) is 0.175. The van der Waals surface area contributed by atoms with Gasteiger partial charge in [-0.15, -0.1) is 0 Å². The molecule has 132 valence electrons. The Morgan fingerprint density at radius 2 is 2.00 bits per heavy atom. The van der Waals surface area contributed by atoms with Crippen LogP contribution in [0.2, 0.25) is 0 Å². The SMILES string of the molecule is CCc1ncc(C(=O)NCC=CS(C)(=O)=O)c(Oc2ccccc2)n1. The van der Waals surface area contributed by atoms with E-state index in [1.165, 1.54) is 12.3 Å². The monoisotopic (exact) mass is 361 g/mol. The average molecular weight is 361 g/mol. The summed E-state index contributed by atoms with van der Waals surface area (Å²) in [6, 6.07) is 8.99. The molecule has 0 radical (unpaired) electrons. The van der Waals surface area contributed by atoms with E-state index in [0.717, 1.165) is 11.7 Å². The molecule has 25 heavy (non-hydrogen) atoms. The maximum atomic E-state index is 12.3. The van der Waals surface area contributed by atoms with Crippen LogP contribution in [0, 0.1) is 0 Å². The number of nitrogens with zero attached hydrogens (tertiary/aromatic N) is 2. The minimum absolute atomic E-state index is 0.0617. The number of hydrogen-bond acceptors (Lipinski definition) is 6. The molecule has 2 rings (SSSR count). The third kappa shape index (κ3) is 6.00. The lowest BCUT2D eigenvalue weighted by Gasteiger charge is -2.10. The lowest BCUT2D eigenvalue weighted by atomic mass is 10.3. The second kappa shape index (κ2) is 8.39. The van der Waals surface area contributed by atoms with Crippen LogP contribution >= 0.6 is 0 Å². The lowest BCUT2D eigenvalue weighted by Crippen LogP contribution is -2.24. The molecular formula is C17H19N3O4S. The number of para-hydroxylation sites is 1. The van der Waals surface area contributed by atoms with Crippen LogP contribution in [0.15, 0.2) is 48.0 Å². The van der Waals surface area contributed by atoms with E-state index in [4.69, 9.17) is 4.74 Å². The molecule has 2 aromatic rings. The molecule has 1 aromatic carbocycles. The van der Waals surface area contributed by atoms with Gasteiger partial charge in [0.2, 0.25) is 5.88 Å². The van der Waals surface area contributed by atoms with Crippen LogP contribution in [0.4, 0.5) is 0 Å². The van der Waals surface area contributed by atoms with Crippen molar-refractivity contribution >= 4 is 15.7 Å². The highest BCUT2D eigenvalue weighted by atomic mass is 32.2. The molecule has 0 fully saturated rings. The number of carbonyl (C=O) groups excluding carboxylic acids is 1. The van der Waals surface area contributed by atoms with Crippen molar-refractivity contribution in [2.75, 3.05) is 12.8 Å². The fraction of sp³-hybridized carbons (Fsp3) is 0.235. The number of amides is 1. The number of nitrogens with one attached hydrogen (secondary N) is 1. The molecule has 0 aliphatic heterocycles. The van der Waals surface area contributed by atoms with E-state index < -0.39 is 15.7 Å². The fourth-order valence-electron chi connectivity index (χ4n) is 1.87. The Morgan fingerprint density at radius 1 is 1.28 bits per heavy atom. The Bertz CT molecular complexity index is 865. The summed E-state index contributed by atoms with van der Waals surface area (Å²) in [5, 5.41) is 3.62. The summed E-state index contributed by atoms with van der Waals surface area (Å²) in [5.74, 6) is 0.808. The van der Waals surface area contributed by atoms with Gasteiger partial charge in [-0.05, 0) is 12.1 Å². The van der Waals surface area contributed by atoms with Crippen molar-refractivity contribution in [2.45, 2.75) is 13.3 Å². The Labute approximate surface area is 146 Å². The van der Waals surface area contributed by atoms with E-state index in [1.807, 2.05) is 25.1 Å². The van der Waals surface area contributed by atoms with Crippen LogP contribution in [-0.4, -0.2) is 37.1 Å². The minimum atomic E-state index is -3.23. The molecule has 8 heteroatoms. The fourth-order valence-corrected chi connectivity index (χ4v) is 2.32. The van der Waals surface area contributed by atoms with E-state index in [1.54, 1.807) is 12.1 Å². The zero-order valence-corrected chi connectivity index (χ0v) is 14.8. The molecule has 7 nitrogen and oxygen atoms in total. The van der Waals surface area contributed by atoms with Gasteiger partial charge in [0.1, 0.15) is 17.1 Å². The van der Waals surface area contributed by atoms with E-state index in [-0.39, 0.29) is 18.0 Å². The highest BCUT2D eigenvalue weighted by Gasteiger charge is 2.16. The minimum Gasteiger partial charge on any atom is -0.438 e. The summed E-state index contributed by atoms with van der Waals surface area (Å²) in [6.07, 6.45) is 4.44. The summed E-state index contributed by atoms with van der Waals surface area (Å²) in [6.45, 7) is 1.96. The standard InChI is InChI=1S/C17H19N3O4S/c1-3-15-19-12-14(16(21)18-10-7-11-25(2,22)23)17(20-15)24-13-8-5-4-6-9-13/h4-9,11-12H,3,10H2,1-2H3,(H,18,21). The first kappa shape index (κ1) is 18.6. The number of ether oxygens (including phenoxy) is 1. The van der Waals surface area contributed by atoms with Crippen molar-refractivity contribution < 1.29 is 17.9 Å². The first-order valence-corrected chi connectivity index (χ1v) is 9.58. The van der Waals surface area contributed by atoms with Gasteiger partial charge < -0.3 is 10.1 Å². The number of aryl methyl sites for hydroxylation is 1. The number of aromatic nitrogens is 2. The zero-order valence-electron chi connectivity index (χ0n) is 14.0. The van der Waals surface area contributed by atoms with Gasteiger partial charge in [0.05, 0.1) is 0 Å². The first-order chi connectivity index (χ1) is 11.9. The van der Waals surface area contributed by atoms with Crippen molar-refractivity contribution in [3.05, 3.63) is 59.4 Å². The molecule has 1 aromatic heterocycles. The smallest absolute Gasteiger partial charge is 0.258 e. The van der Waals surface area contributed by atoms with Gasteiger partial charge in [-0.3, -0.25) is 4.79 Å². The molecule has 0 unspecified atom stereocenters. The van der Waals surface area contributed by atoms with Crippen molar-refractivity contribution in [3.8, 4) is 11.6 Å². The predicted octanol–water partition coefficient (Wildman–Crippen LogP) is 2.12. The highest BCUT2D eigenvalue weighted by molar-refractivity contribution is 7.93. The molecule has 1 N–H and O–H groups in total. The summed E-state index contributed by atoms with van der Waals surface area (Å²) in [7, 11) is -3.23. The average Bonchev–Trinajstić information content (AvgIpc) is 2.58. The van der Waals surface area contributed by atoms with Gasteiger partial charge in [0, 0.05) is 30.8 Å². The maximum absolute atomic E-state index is 12.3. The summed E-state index contributed by atoms with van der Waals surface area (Å²) < 4.78 is 27.8. The lowest BCUT2D eigenvalue weighted by molar-refractivity contribution is 0.0954. The molecule has 0 aliphatic carbocycles. The molecule has 0 saturated carbocycles. The van der Waals surface area contributed by atoms with Crippen LogP contribution in [0.5, 0.6) is 11.6 Å². The normalized spacial score (nSPS) is 11.4. The second-order valence-electron chi connectivity index (χ2n) is 5.19. The molecule has 0 aliphatic rings. The van der Waals surface area contributed by atoms with Gasteiger partial charge in [-0.25, -0.2) is 13.4 Å². The van der Waals surface area contributed by atoms with Crippen LogP contribution in [0.25, 0.3) is 0 Å². The third-order valence-electron chi connectivity index (χ3n) is 3.05. The molecule has 1 heterocycles. The Kier molecular flexibility index (Phi) is 6.24. The van der Waals surface area contributed by atoms with Crippen LogP contribution in [0.1, 0.15) is 23.1 Å². The quantitative estimate of drug-likeness (QED) is 0.811. The largest absolute Gasteiger partial charge is 0.438 e.